The summed E-state index contributed by atoms with van der Waals surface area (Å²) < 4.78 is 1.66. The lowest BCUT2D eigenvalue weighted by Crippen LogP contribution is -2.37. The van der Waals surface area contributed by atoms with Crippen molar-refractivity contribution in [2.45, 2.75) is 64.3 Å². The van der Waals surface area contributed by atoms with Gasteiger partial charge >= 0.3 is 0 Å². The van der Waals surface area contributed by atoms with E-state index in [4.69, 9.17) is 0 Å². The van der Waals surface area contributed by atoms with Gasteiger partial charge in [0.2, 0.25) is 0 Å². The van der Waals surface area contributed by atoms with Gasteiger partial charge in [0.15, 0.2) is 0 Å². The molecule has 27 heavy (non-hydrogen) atoms. The number of hydrogen-bond acceptors (Lipinski definition) is 5. The average Bonchev–Trinajstić information content (AvgIpc) is 3.49. The fourth-order valence-corrected chi connectivity index (χ4v) is 3.71. The second-order valence-corrected chi connectivity index (χ2v) is 8.99. The quantitative estimate of drug-likeness (QED) is 0.831. The monoisotopic (exact) mass is 367 g/mol. The predicted octanol–water partition coefficient (Wildman–Crippen LogP) is 3.12. The van der Waals surface area contributed by atoms with Crippen LogP contribution in [-0.4, -0.2) is 32.8 Å². The minimum atomic E-state index is -0.0505. The molecule has 0 amide bonds. The Morgan fingerprint density at radius 2 is 1.81 bits per heavy atom. The van der Waals surface area contributed by atoms with Gasteiger partial charge in [0.05, 0.1) is 5.69 Å². The summed E-state index contributed by atoms with van der Waals surface area (Å²) in [4.78, 5) is 23.5. The standard InChI is InChI=1S/C21H29N5O/c1-21(2,3)18-6-7-20(27)26(24-18)13-15-8-10-25(11-9-15)19-12-17(16-4-5-16)22-14-23-19/h6-7,12,14-16H,4-5,8-11,13H2,1-3H3. The highest BCUT2D eigenvalue weighted by atomic mass is 16.1. The Balaban J connectivity index is 1.40. The molecule has 6 nitrogen and oxygen atoms in total. The van der Waals surface area contributed by atoms with Crippen LogP contribution >= 0.6 is 0 Å². The number of rotatable bonds is 4. The van der Waals surface area contributed by atoms with Gasteiger partial charge in [-0.25, -0.2) is 14.6 Å². The van der Waals surface area contributed by atoms with Crippen molar-refractivity contribution in [3.63, 3.8) is 0 Å². The molecule has 0 radical (unpaired) electrons. The molecule has 144 valence electrons. The van der Waals surface area contributed by atoms with E-state index in [0.717, 1.165) is 37.4 Å². The SMILES string of the molecule is CC(C)(C)c1ccc(=O)n(CC2CCN(c3cc(C4CC4)ncn3)CC2)n1. The molecule has 0 atom stereocenters. The third kappa shape index (κ3) is 4.20. The summed E-state index contributed by atoms with van der Waals surface area (Å²) in [6.07, 6.45) is 6.33. The molecule has 0 N–H and O–H groups in total. The van der Waals surface area contributed by atoms with E-state index >= 15 is 0 Å². The Morgan fingerprint density at radius 3 is 2.48 bits per heavy atom. The van der Waals surface area contributed by atoms with Crippen LogP contribution in [0.3, 0.4) is 0 Å². The molecule has 2 fully saturated rings. The van der Waals surface area contributed by atoms with Crippen molar-refractivity contribution in [1.29, 1.82) is 0 Å². The summed E-state index contributed by atoms with van der Waals surface area (Å²) in [7, 11) is 0. The van der Waals surface area contributed by atoms with E-state index in [1.54, 1.807) is 17.1 Å². The van der Waals surface area contributed by atoms with Gasteiger partial charge in [-0.05, 0) is 37.7 Å². The van der Waals surface area contributed by atoms with Crippen molar-refractivity contribution in [3.05, 3.63) is 46.3 Å². The van der Waals surface area contributed by atoms with Crippen molar-refractivity contribution in [1.82, 2.24) is 19.7 Å². The van der Waals surface area contributed by atoms with Crippen LogP contribution in [0.2, 0.25) is 0 Å². The van der Waals surface area contributed by atoms with Crippen LogP contribution < -0.4 is 10.5 Å². The van der Waals surface area contributed by atoms with E-state index in [0.29, 0.717) is 18.4 Å². The Morgan fingerprint density at radius 1 is 1.07 bits per heavy atom. The zero-order chi connectivity index (χ0) is 19.0. The fraction of sp³-hybridized carbons (Fsp3) is 0.619. The summed E-state index contributed by atoms with van der Waals surface area (Å²) in [5, 5.41) is 4.62. The van der Waals surface area contributed by atoms with Crippen molar-refractivity contribution in [3.8, 4) is 0 Å². The third-order valence-electron chi connectivity index (χ3n) is 5.67. The first-order chi connectivity index (χ1) is 12.9. The van der Waals surface area contributed by atoms with E-state index in [9.17, 15) is 4.79 Å². The molecular weight excluding hydrogens is 338 g/mol. The Hall–Kier alpha value is -2.24. The van der Waals surface area contributed by atoms with Crippen molar-refractivity contribution in [2.24, 2.45) is 5.92 Å². The molecule has 1 saturated carbocycles. The zero-order valence-corrected chi connectivity index (χ0v) is 16.6. The van der Waals surface area contributed by atoms with Crippen LogP contribution in [-0.2, 0) is 12.0 Å². The van der Waals surface area contributed by atoms with Crippen LogP contribution in [0.15, 0.2) is 29.3 Å². The maximum Gasteiger partial charge on any atom is 0.266 e. The molecule has 4 rings (SSSR count). The topological polar surface area (TPSA) is 63.9 Å². The second-order valence-electron chi connectivity index (χ2n) is 8.99. The third-order valence-corrected chi connectivity index (χ3v) is 5.67. The molecule has 0 bridgehead atoms. The molecule has 3 heterocycles. The summed E-state index contributed by atoms with van der Waals surface area (Å²) in [6, 6.07) is 5.67. The van der Waals surface area contributed by atoms with Crippen LogP contribution in [0.25, 0.3) is 0 Å². The van der Waals surface area contributed by atoms with E-state index in [-0.39, 0.29) is 11.0 Å². The van der Waals surface area contributed by atoms with Crippen LogP contribution in [0, 0.1) is 5.92 Å². The highest BCUT2D eigenvalue weighted by molar-refractivity contribution is 5.40. The fourth-order valence-electron chi connectivity index (χ4n) is 3.71. The minimum Gasteiger partial charge on any atom is -0.356 e. The van der Waals surface area contributed by atoms with Gasteiger partial charge in [-0.15, -0.1) is 0 Å². The Kier molecular flexibility index (Phi) is 4.74. The van der Waals surface area contributed by atoms with E-state index in [2.05, 4.69) is 46.8 Å². The van der Waals surface area contributed by atoms with Gasteiger partial charge in [0.1, 0.15) is 12.1 Å². The molecular formula is C21H29N5O. The molecule has 1 saturated heterocycles. The predicted molar refractivity (Wildman–Crippen MR) is 106 cm³/mol. The summed E-state index contributed by atoms with van der Waals surface area (Å²) >= 11 is 0. The van der Waals surface area contributed by atoms with E-state index < -0.39 is 0 Å². The number of aromatic nitrogens is 4. The van der Waals surface area contributed by atoms with E-state index in [1.165, 1.54) is 18.5 Å². The van der Waals surface area contributed by atoms with Gasteiger partial charge in [-0.3, -0.25) is 4.79 Å². The maximum atomic E-state index is 12.2. The van der Waals surface area contributed by atoms with Gasteiger partial charge in [0.25, 0.3) is 5.56 Å². The second kappa shape index (κ2) is 7.06. The summed E-state index contributed by atoms with van der Waals surface area (Å²) in [6.45, 7) is 9.02. The number of piperidine rings is 1. The zero-order valence-electron chi connectivity index (χ0n) is 16.6. The first-order valence-electron chi connectivity index (χ1n) is 10.1. The minimum absolute atomic E-state index is 0.00435. The average molecular weight is 367 g/mol. The smallest absolute Gasteiger partial charge is 0.266 e. The van der Waals surface area contributed by atoms with Gasteiger partial charge in [0, 0.05) is 48.8 Å². The lowest BCUT2D eigenvalue weighted by Gasteiger charge is -2.33. The Bertz CT molecular complexity index is 857. The normalized spacial score (nSPS) is 18.7. The maximum absolute atomic E-state index is 12.2. The Labute approximate surface area is 160 Å². The molecule has 0 aromatic carbocycles. The molecule has 2 aromatic rings. The summed E-state index contributed by atoms with van der Waals surface area (Å²) in [5.41, 5.74) is 2.10. The lowest BCUT2D eigenvalue weighted by atomic mass is 9.92. The number of anilines is 1. The van der Waals surface area contributed by atoms with Crippen LogP contribution in [0.4, 0.5) is 5.82 Å². The first-order valence-corrected chi connectivity index (χ1v) is 10.1. The molecule has 6 heteroatoms. The first kappa shape index (κ1) is 18.1. The van der Waals surface area contributed by atoms with E-state index in [1.807, 2.05) is 6.07 Å². The van der Waals surface area contributed by atoms with Gasteiger partial charge in [-0.2, -0.15) is 5.10 Å². The molecule has 2 aliphatic rings. The largest absolute Gasteiger partial charge is 0.356 e. The summed E-state index contributed by atoms with van der Waals surface area (Å²) in [5.74, 6) is 2.18. The van der Waals surface area contributed by atoms with Gasteiger partial charge < -0.3 is 4.90 Å². The van der Waals surface area contributed by atoms with Gasteiger partial charge in [-0.1, -0.05) is 20.8 Å². The molecule has 2 aromatic heterocycles. The molecule has 0 spiro atoms. The highest BCUT2D eigenvalue weighted by Crippen LogP contribution is 2.39. The molecule has 1 aliphatic heterocycles. The van der Waals surface area contributed by atoms with Crippen molar-refractivity contribution < 1.29 is 0 Å². The molecule has 1 aliphatic carbocycles. The lowest BCUT2D eigenvalue weighted by molar-refractivity contribution is 0.329. The molecule has 0 unspecified atom stereocenters. The van der Waals surface area contributed by atoms with Crippen molar-refractivity contribution >= 4 is 5.82 Å². The van der Waals surface area contributed by atoms with Crippen LogP contribution in [0.5, 0.6) is 0 Å². The highest BCUT2D eigenvalue weighted by Gasteiger charge is 2.27. The number of nitrogens with zero attached hydrogens (tertiary/aromatic N) is 5. The van der Waals surface area contributed by atoms with Crippen LogP contribution in [0.1, 0.15) is 63.8 Å². The van der Waals surface area contributed by atoms with Crippen molar-refractivity contribution in [2.75, 3.05) is 18.0 Å². The number of hydrogen-bond donors (Lipinski definition) is 0.